The van der Waals surface area contributed by atoms with Gasteiger partial charge in [-0.25, -0.2) is 4.98 Å². The molecule has 2 heterocycles. The summed E-state index contributed by atoms with van der Waals surface area (Å²) >= 11 is 16.4. The van der Waals surface area contributed by atoms with Gasteiger partial charge in [-0.05, 0) is 60.0 Å². The summed E-state index contributed by atoms with van der Waals surface area (Å²) < 4.78 is 18.8. The van der Waals surface area contributed by atoms with Crippen molar-refractivity contribution in [2.45, 2.75) is 32.8 Å². The van der Waals surface area contributed by atoms with Gasteiger partial charge in [0.05, 0.1) is 27.2 Å². The van der Waals surface area contributed by atoms with Crippen LogP contribution in [0.15, 0.2) is 62.9 Å². The van der Waals surface area contributed by atoms with Gasteiger partial charge in [0.2, 0.25) is 6.79 Å². The van der Waals surface area contributed by atoms with Crippen LogP contribution in [0.5, 0.6) is 17.2 Å². The van der Waals surface area contributed by atoms with Crippen LogP contribution in [0.3, 0.4) is 0 Å². The third kappa shape index (κ3) is 5.32. The third-order valence-electron chi connectivity index (χ3n) is 6.05. The average Bonchev–Trinajstić information content (AvgIpc) is 3.35. The van der Waals surface area contributed by atoms with Crippen LogP contribution in [0, 0.1) is 0 Å². The Labute approximate surface area is 231 Å². The highest BCUT2D eigenvalue weighted by molar-refractivity contribution is 9.10. The maximum Gasteiger partial charge on any atom is 0.282 e. The lowest BCUT2D eigenvalue weighted by molar-refractivity contribution is 0.174. The molecular formula is C27H22BrCl2N3O4. The molecule has 0 saturated heterocycles. The fourth-order valence-electron chi connectivity index (χ4n) is 3.88. The molecule has 10 heteroatoms. The van der Waals surface area contributed by atoms with Crippen LogP contribution in [-0.4, -0.2) is 22.7 Å². The zero-order valence-electron chi connectivity index (χ0n) is 20.0. The quantitative estimate of drug-likeness (QED) is 0.210. The molecule has 4 aromatic rings. The minimum atomic E-state index is -0.251. The Balaban J connectivity index is 1.43. The largest absolute Gasteiger partial charge is 0.486 e. The van der Waals surface area contributed by atoms with Crippen molar-refractivity contribution in [2.24, 2.45) is 5.10 Å². The summed E-state index contributed by atoms with van der Waals surface area (Å²) in [5, 5.41) is 5.60. The number of fused-ring (bicyclic) bond motifs is 2. The lowest BCUT2D eigenvalue weighted by Crippen LogP contribution is -2.23. The second-order valence-electron chi connectivity index (χ2n) is 8.59. The molecule has 0 N–H and O–H groups in total. The predicted octanol–water partition coefficient (Wildman–Crippen LogP) is 7.17. The number of ether oxygens (including phenoxy) is 3. The fourth-order valence-corrected chi connectivity index (χ4v) is 4.86. The van der Waals surface area contributed by atoms with Crippen molar-refractivity contribution in [3.63, 3.8) is 0 Å². The van der Waals surface area contributed by atoms with Crippen LogP contribution in [0.2, 0.25) is 10.0 Å². The van der Waals surface area contributed by atoms with Gasteiger partial charge in [0, 0.05) is 10.4 Å². The summed E-state index contributed by atoms with van der Waals surface area (Å²) in [5.74, 6) is 2.34. The van der Waals surface area contributed by atoms with E-state index in [0.29, 0.717) is 49.6 Å². The molecule has 1 aliphatic heterocycles. The zero-order chi connectivity index (χ0) is 26.1. The first-order valence-electron chi connectivity index (χ1n) is 11.6. The van der Waals surface area contributed by atoms with Crippen LogP contribution in [0.4, 0.5) is 0 Å². The molecule has 1 atom stereocenters. The number of aromatic nitrogens is 2. The van der Waals surface area contributed by atoms with Crippen LogP contribution in [0.1, 0.15) is 43.1 Å². The first-order valence-corrected chi connectivity index (χ1v) is 13.2. The summed E-state index contributed by atoms with van der Waals surface area (Å²) in [7, 11) is 0. The Kier molecular flexibility index (Phi) is 7.42. The highest BCUT2D eigenvalue weighted by atomic mass is 79.9. The fraction of sp³-hybridized carbons (Fsp3) is 0.222. The van der Waals surface area contributed by atoms with E-state index >= 15 is 0 Å². The van der Waals surface area contributed by atoms with E-state index in [0.717, 1.165) is 16.5 Å². The molecule has 0 fully saturated rings. The summed E-state index contributed by atoms with van der Waals surface area (Å²) in [6, 6.07) is 14.4. The Hall–Kier alpha value is -3.07. The van der Waals surface area contributed by atoms with E-state index in [2.05, 4.69) is 21.0 Å². The highest BCUT2D eigenvalue weighted by Crippen LogP contribution is 2.36. The number of hydrogen-bond donors (Lipinski definition) is 0. The summed E-state index contributed by atoms with van der Waals surface area (Å²) in [5.41, 5.74) is 1.87. The van der Waals surface area contributed by atoms with E-state index in [1.165, 1.54) is 10.9 Å². The zero-order valence-corrected chi connectivity index (χ0v) is 23.1. The normalized spacial score (nSPS) is 13.4. The van der Waals surface area contributed by atoms with E-state index in [1.54, 1.807) is 18.2 Å². The van der Waals surface area contributed by atoms with Crippen LogP contribution >= 0.6 is 39.1 Å². The van der Waals surface area contributed by atoms with E-state index < -0.39 is 0 Å². The molecule has 0 radical (unpaired) electrons. The van der Waals surface area contributed by atoms with Crippen molar-refractivity contribution in [1.29, 1.82) is 0 Å². The molecule has 0 saturated carbocycles. The number of nitrogens with zero attached hydrogens (tertiary/aromatic N) is 3. The van der Waals surface area contributed by atoms with Crippen molar-refractivity contribution in [3.8, 4) is 17.2 Å². The smallest absolute Gasteiger partial charge is 0.282 e. The van der Waals surface area contributed by atoms with Crippen LogP contribution in [0.25, 0.3) is 10.9 Å². The van der Waals surface area contributed by atoms with E-state index in [9.17, 15) is 4.79 Å². The first-order chi connectivity index (χ1) is 17.8. The van der Waals surface area contributed by atoms with E-state index in [4.69, 9.17) is 42.4 Å². The maximum absolute atomic E-state index is 13.3. The Morgan fingerprint density at radius 2 is 1.89 bits per heavy atom. The van der Waals surface area contributed by atoms with Crippen molar-refractivity contribution in [3.05, 3.63) is 90.4 Å². The van der Waals surface area contributed by atoms with Gasteiger partial charge in [0.25, 0.3) is 5.56 Å². The van der Waals surface area contributed by atoms with Crippen LogP contribution in [-0.2, 0) is 6.61 Å². The topological polar surface area (TPSA) is 74.9 Å². The van der Waals surface area contributed by atoms with Crippen LogP contribution < -0.4 is 19.8 Å². The molecule has 5 rings (SSSR count). The summed E-state index contributed by atoms with van der Waals surface area (Å²) in [6.07, 6.45) is 2.34. The van der Waals surface area contributed by atoms with Crippen molar-refractivity contribution >= 4 is 56.2 Å². The van der Waals surface area contributed by atoms with Gasteiger partial charge < -0.3 is 14.2 Å². The first kappa shape index (κ1) is 25.6. The molecule has 190 valence electrons. The number of benzene rings is 3. The molecule has 0 spiro atoms. The SMILES string of the molecule is CC[C@@H](C)c1nc2ccc(Br)cc2c(=O)n1N=Cc1cc(Cl)c(OCc2ccc3c(c2)OCO3)c(Cl)c1. The van der Waals surface area contributed by atoms with Gasteiger partial charge in [0.15, 0.2) is 17.2 Å². The summed E-state index contributed by atoms with van der Waals surface area (Å²) in [6.45, 7) is 4.50. The molecule has 0 amide bonds. The Bertz CT molecular complexity index is 1570. The molecule has 7 nitrogen and oxygen atoms in total. The predicted molar refractivity (Wildman–Crippen MR) is 149 cm³/mol. The monoisotopic (exact) mass is 601 g/mol. The van der Waals surface area contributed by atoms with Crippen molar-refractivity contribution in [1.82, 2.24) is 9.66 Å². The standard InChI is InChI=1S/C27H22BrCl2N3O4/c1-3-15(2)26-32-22-6-5-18(28)11-19(22)27(34)33(26)31-12-17-8-20(29)25(21(30)9-17)35-13-16-4-7-23-24(10-16)37-14-36-23/h4-12,15H,3,13-14H2,1-2H3/t15-/m1/s1. The Morgan fingerprint density at radius 1 is 1.14 bits per heavy atom. The molecule has 1 aromatic heterocycles. The molecule has 1 aliphatic rings. The van der Waals surface area contributed by atoms with Gasteiger partial charge in [-0.15, -0.1) is 0 Å². The van der Waals surface area contributed by atoms with Crippen molar-refractivity contribution in [2.75, 3.05) is 6.79 Å². The van der Waals surface area contributed by atoms with Gasteiger partial charge in [-0.3, -0.25) is 4.79 Å². The van der Waals surface area contributed by atoms with Gasteiger partial charge in [-0.2, -0.15) is 9.78 Å². The van der Waals surface area contributed by atoms with Crippen molar-refractivity contribution < 1.29 is 14.2 Å². The minimum absolute atomic E-state index is 0.0250. The molecule has 3 aromatic carbocycles. The number of hydrogen-bond acceptors (Lipinski definition) is 6. The minimum Gasteiger partial charge on any atom is -0.486 e. The maximum atomic E-state index is 13.3. The second kappa shape index (κ2) is 10.7. The molecule has 0 unspecified atom stereocenters. The van der Waals surface area contributed by atoms with E-state index in [1.807, 2.05) is 44.2 Å². The highest BCUT2D eigenvalue weighted by Gasteiger charge is 2.17. The number of halogens is 3. The molecule has 37 heavy (non-hydrogen) atoms. The average molecular weight is 603 g/mol. The molecular weight excluding hydrogens is 581 g/mol. The van der Waals surface area contributed by atoms with Gasteiger partial charge in [0.1, 0.15) is 12.4 Å². The summed E-state index contributed by atoms with van der Waals surface area (Å²) in [4.78, 5) is 18.0. The third-order valence-corrected chi connectivity index (χ3v) is 7.10. The van der Waals surface area contributed by atoms with Gasteiger partial charge >= 0.3 is 0 Å². The lowest BCUT2D eigenvalue weighted by atomic mass is 10.1. The van der Waals surface area contributed by atoms with E-state index in [-0.39, 0.29) is 24.9 Å². The Morgan fingerprint density at radius 3 is 2.65 bits per heavy atom. The molecule has 0 aliphatic carbocycles. The van der Waals surface area contributed by atoms with Gasteiger partial charge in [-0.1, -0.05) is 59.0 Å². The lowest BCUT2D eigenvalue weighted by Gasteiger charge is -2.14. The second-order valence-corrected chi connectivity index (χ2v) is 10.3. The number of rotatable bonds is 7. The molecule has 0 bridgehead atoms.